The Morgan fingerprint density at radius 2 is 1.51 bits per heavy atom. The summed E-state index contributed by atoms with van der Waals surface area (Å²) in [7, 11) is -1.55. The van der Waals surface area contributed by atoms with Crippen molar-refractivity contribution in [2.45, 2.75) is 83.4 Å². The molecule has 0 aliphatic heterocycles. The van der Waals surface area contributed by atoms with Crippen LogP contribution in [0.15, 0.2) is 67.0 Å². The first-order chi connectivity index (χ1) is 17.6. The first-order valence-corrected chi connectivity index (χ1v) is 20.6. The second-order valence-electron chi connectivity index (χ2n) is 12.3. The highest BCUT2D eigenvalue weighted by molar-refractivity contribution is 6.99. The van der Waals surface area contributed by atoms with Crippen molar-refractivity contribution in [2.75, 3.05) is 11.3 Å². The molecule has 2 aromatic carbocycles. The number of hydrogen-bond acceptors (Lipinski definition) is 4. The molecule has 1 aliphatic carbocycles. The number of nitrogens with zero attached hydrogens (tertiary/aromatic N) is 2. The molecule has 4 rings (SSSR count). The molecule has 0 spiro atoms. The van der Waals surface area contributed by atoms with Crippen LogP contribution in [0.2, 0.25) is 39.3 Å². The molecule has 1 heterocycles. The monoisotopic (exact) mass is 532 g/mol. The number of para-hydroxylation sites is 1. The average Bonchev–Trinajstić information content (AvgIpc) is 3.35. The van der Waals surface area contributed by atoms with E-state index in [1.165, 1.54) is 35.2 Å². The highest BCUT2D eigenvalue weighted by Crippen LogP contribution is 2.42. The SMILES string of the molecule is COc1ccc(C(Cc2ccncc2)c2ccccc2N([Si](C)(C)C)[Si](C)(C)C)cc1OC1CCCC1. The summed E-state index contributed by atoms with van der Waals surface area (Å²) in [4.78, 5) is 4.27. The first-order valence-electron chi connectivity index (χ1n) is 13.7. The predicted octanol–water partition coefficient (Wildman–Crippen LogP) is 8.26. The molecule has 198 valence electrons. The van der Waals surface area contributed by atoms with E-state index in [4.69, 9.17) is 9.47 Å². The van der Waals surface area contributed by atoms with Crippen LogP contribution in [-0.2, 0) is 6.42 Å². The van der Waals surface area contributed by atoms with E-state index >= 15 is 0 Å². The molecule has 3 aromatic rings. The second-order valence-corrected chi connectivity index (χ2v) is 22.3. The van der Waals surface area contributed by atoms with Gasteiger partial charge in [-0.1, -0.05) is 63.5 Å². The molecule has 6 heteroatoms. The maximum atomic E-state index is 6.53. The molecule has 0 radical (unpaired) electrons. The van der Waals surface area contributed by atoms with E-state index in [2.05, 4.69) is 103 Å². The Kier molecular flexibility index (Phi) is 8.49. The Morgan fingerprint density at radius 1 is 0.865 bits per heavy atom. The third kappa shape index (κ3) is 6.65. The Bertz CT molecular complexity index is 1150. The van der Waals surface area contributed by atoms with Gasteiger partial charge in [0.25, 0.3) is 0 Å². The van der Waals surface area contributed by atoms with Gasteiger partial charge in [0.2, 0.25) is 0 Å². The van der Waals surface area contributed by atoms with Crippen LogP contribution in [-0.4, -0.2) is 34.7 Å². The summed E-state index contributed by atoms with van der Waals surface area (Å²) in [6, 6.07) is 20.0. The third-order valence-electron chi connectivity index (χ3n) is 7.27. The van der Waals surface area contributed by atoms with Crippen molar-refractivity contribution in [3.63, 3.8) is 0 Å². The number of anilines is 1. The summed E-state index contributed by atoms with van der Waals surface area (Å²) in [5.41, 5.74) is 5.34. The van der Waals surface area contributed by atoms with Gasteiger partial charge in [-0.05, 0) is 79.1 Å². The fraction of sp³-hybridized carbons (Fsp3) is 0.452. The van der Waals surface area contributed by atoms with Crippen LogP contribution in [0.4, 0.5) is 5.69 Å². The van der Waals surface area contributed by atoms with Crippen molar-refractivity contribution in [3.8, 4) is 11.5 Å². The largest absolute Gasteiger partial charge is 0.493 e. The number of benzene rings is 2. The van der Waals surface area contributed by atoms with Crippen LogP contribution in [0, 0.1) is 0 Å². The quantitative estimate of drug-likeness (QED) is 0.246. The maximum absolute atomic E-state index is 6.53. The average molecular weight is 533 g/mol. The molecule has 1 atom stereocenters. The Hall–Kier alpha value is -2.58. The van der Waals surface area contributed by atoms with Crippen molar-refractivity contribution < 1.29 is 9.47 Å². The van der Waals surface area contributed by atoms with Crippen LogP contribution in [0.5, 0.6) is 11.5 Å². The van der Waals surface area contributed by atoms with Crippen molar-refractivity contribution in [1.29, 1.82) is 0 Å². The zero-order valence-corrected chi connectivity index (χ0v) is 25.8. The van der Waals surface area contributed by atoms with Crippen molar-refractivity contribution in [2.24, 2.45) is 0 Å². The van der Waals surface area contributed by atoms with Gasteiger partial charge in [-0.15, -0.1) is 0 Å². The molecule has 1 saturated carbocycles. The van der Waals surface area contributed by atoms with E-state index in [1.807, 2.05) is 12.4 Å². The van der Waals surface area contributed by atoms with E-state index in [9.17, 15) is 0 Å². The molecule has 0 amide bonds. The fourth-order valence-corrected chi connectivity index (χ4v) is 16.0. The fourth-order valence-electron chi connectivity index (χ4n) is 6.06. The number of rotatable bonds is 10. The minimum atomic E-state index is -1.64. The van der Waals surface area contributed by atoms with Crippen LogP contribution < -0.4 is 13.7 Å². The zero-order valence-electron chi connectivity index (χ0n) is 23.8. The summed E-state index contributed by atoms with van der Waals surface area (Å²) in [5.74, 6) is 1.87. The molecule has 4 nitrogen and oxygen atoms in total. The summed E-state index contributed by atoms with van der Waals surface area (Å²) in [6.45, 7) is 14.8. The number of methoxy groups -OCH3 is 1. The topological polar surface area (TPSA) is 34.6 Å². The lowest BCUT2D eigenvalue weighted by molar-refractivity contribution is 0.200. The van der Waals surface area contributed by atoms with Gasteiger partial charge in [-0.2, -0.15) is 0 Å². The minimum Gasteiger partial charge on any atom is -0.493 e. The van der Waals surface area contributed by atoms with Crippen molar-refractivity contribution >= 4 is 22.2 Å². The van der Waals surface area contributed by atoms with Crippen LogP contribution in [0.25, 0.3) is 0 Å². The number of pyridine rings is 1. The molecular weight excluding hydrogens is 489 g/mol. The molecule has 1 aromatic heterocycles. The normalized spacial score (nSPS) is 15.4. The predicted molar refractivity (Wildman–Crippen MR) is 161 cm³/mol. The second kappa shape index (κ2) is 11.4. The van der Waals surface area contributed by atoms with Gasteiger partial charge in [0.05, 0.1) is 13.2 Å². The molecule has 0 bridgehead atoms. The highest BCUT2D eigenvalue weighted by Gasteiger charge is 2.37. The summed E-state index contributed by atoms with van der Waals surface area (Å²) < 4.78 is 15.1. The lowest BCUT2D eigenvalue weighted by Crippen LogP contribution is -2.60. The Balaban J connectivity index is 1.85. The highest BCUT2D eigenvalue weighted by atomic mass is 28.4. The summed E-state index contributed by atoms with van der Waals surface area (Å²) in [5, 5.41) is 0. The van der Waals surface area contributed by atoms with E-state index in [-0.39, 0.29) is 12.0 Å². The molecule has 0 saturated heterocycles. The van der Waals surface area contributed by atoms with E-state index in [0.29, 0.717) is 0 Å². The van der Waals surface area contributed by atoms with Crippen molar-refractivity contribution in [3.05, 3.63) is 83.7 Å². The van der Waals surface area contributed by atoms with Gasteiger partial charge in [0.1, 0.15) is 16.5 Å². The zero-order chi connectivity index (χ0) is 26.6. The summed E-state index contributed by atoms with van der Waals surface area (Å²) >= 11 is 0. The summed E-state index contributed by atoms with van der Waals surface area (Å²) in [6.07, 6.45) is 9.72. The Morgan fingerprint density at radius 3 is 2.14 bits per heavy atom. The van der Waals surface area contributed by atoms with Gasteiger partial charge in [-0.3, -0.25) is 4.98 Å². The van der Waals surface area contributed by atoms with Crippen LogP contribution in [0.1, 0.15) is 48.3 Å². The molecule has 0 N–H and O–H groups in total. The standard InChI is InChI=1S/C31H44N2O2Si2/c1-34-30-17-16-25(23-31(30)35-26-12-8-9-13-26)28(22-24-18-20-32-21-19-24)27-14-10-11-15-29(27)33(36(2,3)4)37(5,6)7/h10-11,14-21,23,26,28H,8-9,12-13,22H2,1-7H3. The molecule has 1 fully saturated rings. The van der Waals surface area contributed by atoms with Crippen molar-refractivity contribution in [1.82, 2.24) is 4.98 Å². The van der Waals surface area contributed by atoms with E-state index in [0.717, 1.165) is 30.8 Å². The lowest BCUT2D eigenvalue weighted by Gasteiger charge is -2.47. The van der Waals surface area contributed by atoms with E-state index in [1.54, 1.807) is 7.11 Å². The number of ether oxygens (including phenoxy) is 2. The minimum absolute atomic E-state index is 0.186. The number of aromatic nitrogens is 1. The molecular formula is C31H44N2O2Si2. The number of hydrogen-bond donors (Lipinski definition) is 0. The molecule has 1 aliphatic rings. The van der Waals surface area contributed by atoms with Gasteiger partial charge in [0.15, 0.2) is 11.5 Å². The lowest BCUT2D eigenvalue weighted by atomic mass is 9.85. The first kappa shape index (κ1) is 27.5. The van der Waals surface area contributed by atoms with Crippen LogP contribution in [0.3, 0.4) is 0 Å². The Labute approximate surface area is 226 Å². The van der Waals surface area contributed by atoms with Crippen LogP contribution >= 0.6 is 0 Å². The van der Waals surface area contributed by atoms with Gasteiger partial charge in [0, 0.05) is 24.0 Å². The third-order valence-corrected chi connectivity index (χ3v) is 14.5. The van der Waals surface area contributed by atoms with Gasteiger partial charge < -0.3 is 13.7 Å². The smallest absolute Gasteiger partial charge is 0.161 e. The maximum Gasteiger partial charge on any atom is 0.161 e. The van der Waals surface area contributed by atoms with Gasteiger partial charge in [-0.25, -0.2) is 0 Å². The van der Waals surface area contributed by atoms with Gasteiger partial charge >= 0.3 is 0 Å². The molecule has 37 heavy (non-hydrogen) atoms. The van der Waals surface area contributed by atoms with E-state index < -0.39 is 16.5 Å². The molecule has 1 unspecified atom stereocenters.